The summed E-state index contributed by atoms with van der Waals surface area (Å²) in [6.45, 7) is 0. The van der Waals surface area contributed by atoms with Gasteiger partial charge in [0.05, 0.1) is 27.8 Å². The van der Waals surface area contributed by atoms with Gasteiger partial charge in [-0.15, -0.1) is 0 Å². The Morgan fingerprint density at radius 2 is 1.21 bits per heavy atom. The summed E-state index contributed by atoms with van der Waals surface area (Å²) in [6, 6.07) is 42.6. The highest BCUT2D eigenvalue weighted by atomic mass is 15.0. The van der Waals surface area contributed by atoms with Crippen LogP contribution in [0.25, 0.3) is 77.4 Å². The number of nitrogens with zero attached hydrogens (tertiary/aromatic N) is 2. The predicted molar refractivity (Wildman–Crippen MR) is 178 cm³/mol. The summed E-state index contributed by atoms with van der Waals surface area (Å²) in [7, 11) is 0. The van der Waals surface area contributed by atoms with Crippen LogP contribution in [-0.2, 0) is 6.42 Å². The molecule has 10 rings (SSSR count). The van der Waals surface area contributed by atoms with E-state index < -0.39 is 0 Å². The number of rotatable bonds is 2. The zero-order chi connectivity index (χ0) is 27.4. The Hall–Kier alpha value is -5.34. The SMILES string of the molecule is C1=Cc2c(-n3c4ccccc4c4cc5c(cc43)c3ccccc3n5-c3ccccc3)cc3cccc4c3c2C(=CC4)C1. The molecule has 0 fully saturated rings. The van der Waals surface area contributed by atoms with E-state index in [2.05, 4.69) is 143 Å². The van der Waals surface area contributed by atoms with Crippen LogP contribution in [0.5, 0.6) is 0 Å². The van der Waals surface area contributed by atoms with E-state index >= 15 is 0 Å². The summed E-state index contributed by atoms with van der Waals surface area (Å²) in [5.41, 5.74) is 13.1. The lowest BCUT2D eigenvalue weighted by atomic mass is 9.80. The van der Waals surface area contributed by atoms with Gasteiger partial charge in [-0.25, -0.2) is 0 Å². The number of hydrogen-bond acceptors (Lipinski definition) is 0. The average Bonchev–Trinajstić information content (AvgIpc) is 3.55. The molecule has 42 heavy (non-hydrogen) atoms. The third-order valence-electron chi connectivity index (χ3n) is 9.50. The standard InChI is InChI=1S/C40H26N2/c1-2-13-28(14-3-1)41-34-18-6-4-15-29(34)32-24-38-33(23-37(32)41)30-16-5-7-19-35(30)42(38)36-22-27-12-8-10-25-20-21-26-11-9-17-31(36)40(26)39(25)27/h1-10,12-19,21-24H,11,20H2. The Morgan fingerprint density at radius 1 is 0.524 bits per heavy atom. The first-order valence-corrected chi connectivity index (χ1v) is 14.8. The number of allylic oxidation sites excluding steroid dienone is 3. The second kappa shape index (κ2) is 8.11. The van der Waals surface area contributed by atoms with Crippen molar-refractivity contribution in [2.75, 3.05) is 0 Å². The monoisotopic (exact) mass is 534 g/mol. The summed E-state index contributed by atoms with van der Waals surface area (Å²) in [5, 5.41) is 7.88. The van der Waals surface area contributed by atoms with Crippen molar-refractivity contribution >= 4 is 66.0 Å². The summed E-state index contributed by atoms with van der Waals surface area (Å²) < 4.78 is 4.94. The van der Waals surface area contributed by atoms with E-state index in [0.29, 0.717) is 0 Å². The molecule has 0 aliphatic heterocycles. The van der Waals surface area contributed by atoms with Crippen molar-refractivity contribution in [2.45, 2.75) is 12.8 Å². The molecule has 2 aliphatic carbocycles. The molecule has 6 aromatic carbocycles. The average molecular weight is 535 g/mol. The molecule has 0 bridgehead atoms. The van der Waals surface area contributed by atoms with Gasteiger partial charge < -0.3 is 9.13 Å². The lowest BCUT2D eigenvalue weighted by molar-refractivity contribution is 1.16. The van der Waals surface area contributed by atoms with Crippen LogP contribution in [0, 0.1) is 0 Å². The minimum Gasteiger partial charge on any atom is -0.309 e. The number of benzene rings is 6. The Labute approximate surface area is 243 Å². The van der Waals surface area contributed by atoms with Crippen molar-refractivity contribution < 1.29 is 0 Å². The highest BCUT2D eigenvalue weighted by molar-refractivity contribution is 6.19. The molecule has 0 spiro atoms. The first-order valence-electron chi connectivity index (χ1n) is 14.8. The van der Waals surface area contributed by atoms with Crippen LogP contribution in [0.15, 0.2) is 127 Å². The molecule has 2 nitrogen and oxygen atoms in total. The molecule has 2 heteroatoms. The molecule has 0 unspecified atom stereocenters. The van der Waals surface area contributed by atoms with Gasteiger partial charge in [-0.2, -0.15) is 0 Å². The van der Waals surface area contributed by atoms with Crippen molar-refractivity contribution in [2.24, 2.45) is 0 Å². The smallest absolute Gasteiger partial charge is 0.0549 e. The molecule has 0 N–H and O–H groups in total. The zero-order valence-electron chi connectivity index (χ0n) is 23.0. The predicted octanol–water partition coefficient (Wildman–Crippen LogP) is 10.4. The fourth-order valence-electron chi connectivity index (χ4n) is 7.76. The molecule has 8 aromatic rings. The number of hydrogen-bond donors (Lipinski definition) is 0. The minimum atomic E-state index is 1.01. The number of fused-ring (bicyclic) bond motifs is 6. The maximum Gasteiger partial charge on any atom is 0.0549 e. The van der Waals surface area contributed by atoms with E-state index in [9.17, 15) is 0 Å². The van der Waals surface area contributed by atoms with Gasteiger partial charge in [0.25, 0.3) is 0 Å². The highest BCUT2D eigenvalue weighted by Crippen LogP contribution is 2.45. The van der Waals surface area contributed by atoms with Crippen molar-refractivity contribution in [3.8, 4) is 11.4 Å². The van der Waals surface area contributed by atoms with Gasteiger partial charge in [-0.05, 0) is 82.8 Å². The van der Waals surface area contributed by atoms with Gasteiger partial charge in [0, 0.05) is 32.8 Å². The zero-order valence-corrected chi connectivity index (χ0v) is 23.0. The Bertz CT molecular complexity index is 2500. The molecular formula is C40H26N2. The molecule has 196 valence electrons. The Kier molecular flexibility index (Phi) is 4.32. The molecule has 0 radical (unpaired) electrons. The van der Waals surface area contributed by atoms with Crippen LogP contribution < -0.4 is 0 Å². The van der Waals surface area contributed by atoms with Gasteiger partial charge in [0.15, 0.2) is 0 Å². The van der Waals surface area contributed by atoms with Gasteiger partial charge in [0.1, 0.15) is 0 Å². The van der Waals surface area contributed by atoms with Crippen molar-refractivity contribution in [3.05, 3.63) is 144 Å². The van der Waals surface area contributed by atoms with Crippen molar-refractivity contribution in [1.82, 2.24) is 9.13 Å². The van der Waals surface area contributed by atoms with Crippen molar-refractivity contribution in [1.29, 1.82) is 0 Å². The van der Waals surface area contributed by atoms with E-state index in [4.69, 9.17) is 0 Å². The fourth-order valence-corrected chi connectivity index (χ4v) is 7.76. The first kappa shape index (κ1) is 22.4. The minimum absolute atomic E-state index is 1.01. The number of aromatic nitrogens is 2. The van der Waals surface area contributed by atoms with Crippen LogP contribution in [0.3, 0.4) is 0 Å². The second-order valence-corrected chi connectivity index (χ2v) is 11.7. The molecule has 0 saturated carbocycles. The highest BCUT2D eigenvalue weighted by Gasteiger charge is 2.25. The van der Waals surface area contributed by atoms with E-state index in [1.165, 1.54) is 88.0 Å². The number of para-hydroxylation sites is 3. The van der Waals surface area contributed by atoms with Gasteiger partial charge >= 0.3 is 0 Å². The molecule has 0 saturated heterocycles. The molecular weight excluding hydrogens is 508 g/mol. The summed E-state index contributed by atoms with van der Waals surface area (Å²) in [5.74, 6) is 0. The molecule has 0 atom stereocenters. The summed E-state index contributed by atoms with van der Waals surface area (Å²) in [4.78, 5) is 0. The molecule has 2 aliphatic rings. The topological polar surface area (TPSA) is 9.86 Å². The van der Waals surface area contributed by atoms with E-state index in [-0.39, 0.29) is 0 Å². The summed E-state index contributed by atoms with van der Waals surface area (Å²) in [6.07, 6.45) is 9.18. The van der Waals surface area contributed by atoms with Crippen LogP contribution in [-0.4, -0.2) is 9.13 Å². The normalized spacial score (nSPS) is 14.0. The van der Waals surface area contributed by atoms with Crippen molar-refractivity contribution in [3.63, 3.8) is 0 Å². The fraction of sp³-hybridized carbons (Fsp3) is 0.0500. The van der Waals surface area contributed by atoms with Crippen LogP contribution in [0.2, 0.25) is 0 Å². The quantitative estimate of drug-likeness (QED) is 0.209. The van der Waals surface area contributed by atoms with Gasteiger partial charge in [0.2, 0.25) is 0 Å². The van der Waals surface area contributed by atoms with Crippen LogP contribution in [0.4, 0.5) is 0 Å². The van der Waals surface area contributed by atoms with Gasteiger partial charge in [-0.1, -0.05) is 91.0 Å². The molecule has 0 amide bonds. The third-order valence-corrected chi connectivity index (χ3v) is 9.50. The van der Waals surface area contributed by atoms with Crippen LogP contribution >= 0.6 is 0 Å². The molecule has 2 aromatic heterocycles. The maximum absolute atomic E-state index is 2.53. The van der Waals surface area contributed by atoms with E-state index in [1.807, 2.05) is 0 Å². The van der Waals surface area contributed by atoms with Gasteiger partial charge in [-0.3, -0.25) is 0 Å². The molecule has 2 heterocycles. The summed E-state index contributed by atoms with van der Waals surface area (Å²) >= 11 is 0. The lowest BCUT2D eigenvalue weighted by Gasteiger charge is -2.26. The van der Waals surface area contributed by atoms with E-state index in [1.54, 1.807) is 0 Å². The largest absolute Gasteiger partial charge is 0.309 e. The third kappa shape index (κ3) is 2.84. The van der Waals surface area contributed by atoms with Crippen LogP contribution in [0.1, 0.15) is 23.1 Å². The maximum atomic E-state index is 2.53. The Morgan fingerprint density at radius 3 is 2.00 bits per heavy atom. The first-order chi connectivity index (χ1) is 20.8. The second-order valence-electron chi connectivity index (χ2n) is 11.7. The Balaban J connectivity index is 1.39. The van der Waals surface area contributed by atoms with E-state index in [0.717, 1.165) is 12.8 Å². The lowest BCUT2D eigenvalue weighted by Crippen LogP contribution is -2.07.